The zero-order valence-corrected chi connectivity index (χ0v) is 9.03. The molecule has 0 aliphatic rings. The molecule has 0 amide bonds. The number of benzene rings is 1. The van der Waals surface area contributed by atoms with Gasteiger partial charge in [-0.15, -0.1) is 0 Å². The fourth-order valence-electron chi connectivity index (χ4n) is 1.46. The van der Waals surface area contributed by atoms with Crippen LogP contribution in [0.3, 0.4) is 0 Å². The molecule has 1 aromatic carbocycles. The van der Waals surface area contributed by atoms with E-state index in [1.54, 1.807) is 24.3 Å². The molecular formula is C13H18O2. The molecule has 0 aromatic heterocycles. The van der Waals surface area contributed by atoms with Crippen molar-refractivity contribution in [3.8, 4) is 0 Å². The van der Waals surface area contributed by atoms with E-state index in [0.717, 1.165) is 12.0 Å². The number of carboxylic acid groups (broad SMARTS) is 1. The van der Waals surface area contributed by atoms with E-state index >= 15 is 0 Å². The van der Waals surface area contributed by atoms with Crippen molar-refractivity contribution in [2.75, 3.05) is 0 Å². The van der Waals surface area contributed by atoms with Gasteiger partial charge in [-0.25, -0.2) is 0 Å². The lowest BCUT2D eigenvalue weighted by Crippen LogP contribution is -2.07. The lowest BCUT2D eigenvalue weighted by Gasteiger charge is -2.09. The van der Waals surface area contributed by atoms with E-state index in [0.29, 0.717) is 11.5 Å². The Morgan fingerprint density at radius 3 is 2.40 bits per heavy atom. The summed E-state index contributed by atoms with van der Waals surface area (Å²) in [6.07, 6.45) is 0.895. The molecule has 2 heteroatoms. The molecule has 0 fully saturated rings. The maximum atomic E-state index is 11.0. The van der Waals surface area contributed by atoms with Crippen molar-refractivity contribution in [2.24, 2.45) is 5.92 Å². The summed E-state index contributed by atoms with van der Waals surface area (Å²) in [7, 11) is 0. The standard InChI is InChI=1S/C13H18O2/c1-9(2)8-11-4-6-12(7-5-11)10(3)13(14)15/h4-7,9-10H,8H2,1-3H3,(H,14,15)/t10-/m1/s1/i3D3. The highest BCUT2D eigenvalue weighted by atomic mass is 16.4. The second kappa shape index (κ2) is 4.96. The van der Waals surface area contributed by atoms with Gasteiger partial charge in [-0.1, -0.05) is 38.1 Å². The van der Waals surface area contributed by atoms with Gasteiger partial charge in [0, 0.05) is 4.11 Å². The summed E-state index contributed by atoms with van der Waals surface area (Å²) in [6, 6.07) is 6.81. The molecule has 0 aliphatic heterocycles. The largest absolute Gasteiger partial charge is 0.481 e. The lowest BCUT2D eigenvalue weighted by molar-refractivity contribution is -0.138. The molecule has 0 unspecified atom stereocenters. The first kappa shape index (κ1) is 7.91. The molecule has 2 nitrogen and oxygen atoms in total. The SMILES string of the molecule is [2H]C([2H])([2H])[C@@H](C(=O)O)c1ccc(CC(C)C)cc1. The van der Waals surface area contributed by atoms with Crippen molar-refractivity contribution in [2.45, 2.75) is 33.0 Å². The minimum atomic E-state index is -2.52. The van der Waals surface area contributed by atoms with Crippen molar-refractivity contribution in [1.82, 2.24) is 0 Å². The molecule has 0 saturated carbocycles. The molecule has 15 heavy (non-hydrogen) atoms. The van der Waals surface area contributed by atoms with E-state index in [4.69, 9.17) is 9.22 Å². The second-order valence-corrected chi connectivity index (χ2v) is 4.11. The van der Waals surface area contributed by atoms with Crippen molar-refractivity contribution >= 4 is 5.97 Å². The van der Waals surface area contributed by atoms with Crippen LogP contribution in [0.25, 0.3) is 0 Å². The van der Waals surface area contributed by atoms with E-state index in [9.17, 15) is 4.79 Å². The van der Waals surface area contributed by atoms with Crippen LogP contribution >= 0.6 is 0 Å². The highest BCUT2D eigenvalue weighted by Crippen LogP contribution is 2.17. The average Bonchev–Trinajstić information content (AvgIpc) is 2.17. The van der Waals surface area contributed by atoms with Gasteiger partial charge >= 0.3 is 5.97 Å². The Morgan fingerprint density at radius 1 is 1.40 bits per heavy atom. The Labute approximate surface area is 95.2 Å². The fraction of sp³-hybridized carbons (Fsp3) is 0.462. The minimum Gasteiger partial charge on any atom is -0.481 e. The molecule has 1 aromatic rings. The van der Waals surface area contributed by atoms with Gasteiger partial charge in [0.15, 0.2) is 0 Å². The van der Waals surface area contributed by atoms with E-state index in [-0.39, 0.29) is 0 Å². The number of hydrogen-bond donors (Lipinski definition) is 1. The number of rotatable bonds is 4. The molecule has 82 valence electrons. The molecule has 0 aliphatic carbocycles. The molecule has 1 rings (SSSR count). The van der Waals surface area contributed by atoms with Gasteiger partial charge in [0.25, 0.3) is 0 Å². The maximum Gasteiger partial charge on any atom is 0.310 e. The monoisotopic (exact) mass is 209 g/mol. The first-order valence-corrected chi connectivity index (χ1v) is 5.03. The molecule has 0 heterocycles. The molecule has 0 saturated heterocycles. The fourth-order valence-corrected chi connectivity index (χ4v) is 1.46. The number of hydrogen-bond acceptors (Lipinski definition) is 1. The second-order valence-electron chi connectivity index (χ2n) is 4.11. The van der Waals surface area contributed by atoms with E-state index < -0.39 is 18.7 Å². The zero-order chi connectivity index (χ0) is 13.9. The smallest absolute Gasteiger partial charge is 0.310 e. The van der Waals surface area contributed by atoms with Crippen LogP contribution < -0.4 is 0 Å². The highest BCUT2D eigenvalue weighted by Gasteiger charge is 2.12. The van der Waals surface area contributed by atoms with E-state index in [1.807, 2.05) is 0 Å². The maximum absolute atomic E-state index is 11.0. The van der Waals surface area contributed by atoms with E-state index in [1.165, 1.54) is 0 Å². The van der Waals surface area contributed by atoms with Crippen molar-refractivity contribution in [3.05, 3.63) is 35.4 Å². The van der Waals surface area contributed by atoms with Crippen molar-refractivity contribution in [1.29, 1.82) is 0 Å². The van der Waals surface area contributed by atoms with Gasteiger partial charge in [0.05, 0.1) is 5.92 Å². The van der Waals surface area contributed by atoms with Crippen LogP contribution in [0.2, 0.25) is 0 Å². The first-order chi connectivity index (χ1) is 8.21. The van der Waals surface area contributed by atoms with E-state index in [2.05, 4.69) is 13.8 Å². The quantitative estimate of drug-likeness (QED) is 0.827. The van der Waals surface area contributed by atoms with Gasteiger partial charge in [-0.2, -0.15) is 0 Å². The van der Waals surface area contributed by atoms with Crippen LogP contribution in [-0.2, 0) is 11.2 Å². The number of carbonyl (C=O) groups is 1. The molecule has 1 atom stereocenters. The predicted octanol–water partition coefficient (Wildman–Crippen LogP) is 3.07. The Balaban J connectivity index is 2.98. The highest BCUT2D eigenvalue weighted by molar-refractivity contribution is 5.75. The van der Waals surface area contributed by atoms with Gasteiger partial charge < -0.3 is 5.11 Å². The van der Waals surface area contributed by atoms with Crippen molar-refractivity contribution < 1.29 is 14.0 Å². The minimum absolute atomic E-state index is 0.329. The third-order valence-electron chi connectivity index (χ3n) is 2.20. The Bertz CT molecular complexity index is 407. The summed E-state index contributed by atoms with van der Waals surface area (Å²) < 4.78 is 21.8. The van der Waals surface area contributed by atoms with Gasteiger partial charge in [-0.05, 0) is 30.3 Å². The predicted molar refractivity (Wildman–Crippen MR) is 61.0 cm³/mol. The summed E-state index contributed by atoms with van der Waals surface area (Å²) in [4.78, 5) is 11.0. The van der Waals surface area contributed by atoms with Crippen LogP contribution in [0.4, 0.5) is 0 Å². The topological polar surface area (TPSA) is 37.3 Å². The third kappa shape index (κ3) is 3.39. The van der Waals surface area contributed by atoms with Crippen LogP contribution in [0.15, 0.2) is 24.3 Å². The molecule has 0 spiro atoms. The van der Waals surface area contributed by atoms with Crippen molar-refractivity contribution in [3.63, 3.8) is 0 Å². The van der Waals surface area contributed by atoms with Gasteiger partial charge in [0.2, 0.25) is 0 Å². The van der Waals surface area contributed by atoms with Crippen LogP contribution in [0.1, 0.15) is 41.9 Å². The Kier molecular flexibility index (Phi) is 2.62. The summed E-state index contributed by atoms with van der Waals surface area (Å²) in [5.74, 6) is -2.26. The summed E-state index contributed by atoms with van der Waals surface area (Å²) in [5, 5.41) is 9.02. The van der Waals surface area contributed by atoms with Crippen LogP contribution in [0, 0.1) is 5.92 Å². The normalized spacial score (nSPS) is 16.6. The average molecular weight is 209 g/mol. The lowest BCUT2D eigenvalue weighted by atomic mass is 9.97. The number of aliphatic carboxylic acids is 1. The van der Waals surface area contributed by atoms with Gasteiger partial charge in [0.1, 0.15) is 0 Å². The van der Waals surface area contributed by atoms with Crippen LogP contribution in [0.5, 0.6) is 0 Å². The molecule has 0 bridgehead atoms. The van der Waals surface area contributed by atoms with Crippen LogP contribution in [-0.4, -0.2) is 11.1 Å². The summed E-state index contributed by atoms with van der Waals surface area (Å²) in [6.45, 7) is 1.66. The molecular weight excluding hydrogens is 188 g/mol. The Morgan fingerprint density at radius 2 is 2.00 bits per heavy atom. The first-order valence-electron chi connectivity index (χ1n) is 6.53. The summed E-state index contributed by atoms with van der Waals surface area (Å²) in [5.41, 5.74) is 1.42. The summed E-state index contributed by atoms with van der Waals surface area (Å²) >= 11 is 0. The van der Waals surface area contributed by atoms with Gasteiger partial charge in [-0.3, -0.25) is 4.79 Å². The number of carboxylic acids is 1. The molecule has 0 radical (unpaired) electrons. The molecule has 1 N–H and O–H groups in total. The zero-order valence-electron chi connectivity index (χ0n) is 12.0. The third-order valence-corrected chi connectivity index (χ3v) is 2.20. The Hall–Kier alpha value is -1.31.